The lowest BCUT2D eigenvalue weighted by Gasteiger charge is -2.37. The van der Waals surface area contributed by atoms with Crippen molar-refractivity contribution >= 4 is 53.1 Å². The molecule has 1 saturated carbocycles. The lowest BCUT2D eigenvalue weighted by molar-refractivity contribution is -0.137. The highest BCUT2D eigenvalue weighted by atomic mass is 35.5. The zero-order valence-corrected chi connectivity index (χ0v) is 23.7. The second-order valence-corrected chi connectivity index (χ2v) is 11.2. The number of nitrogens with one attached hydrogen (secondary N) is 3. The van der Waals surface area contributed by atoms with Crippen LogP contribution in [-0.4, -0.2) is 78.2 Å². The highest BCUT2D eigenvalue weighted by Gasteiger charge is 2.37. The summed E-state index contributed by atoms with van der Waals surface area (Å²) >= 11 is 1.38. The van der Waals surface area contributed by atoms with Gasteiger partial charge in [0.05, 0.1) is 11.7 Å². The van der Waals surface area contributed by atoms with Gasteiger partial charge in [-0.25, -0.2) is 4.98 Å². The Labute approximate surface area is 233 Å². The molecule has 0 radical (unpaired) electrons. The van der Waals surface area contributed by atoms with Gasteiger partial charge in [0.2, 0.25) is 5.91 Å². The Hall–Kier alpha value is -3.02. The van der Waals surface area contributed by atoms with Gasteiger partial charge in [0.25, 0.3) is 5.91 Å². The van der Waals surface area contributed by atoms with E-state index in [1.165, 1.54) is 11.3 Å². The summed E-state index contributed by atoms with van der Waals surface area (Å²) in [6, 6.07) is 6.13. The number of anilines is 1. The summed E-state index contributed by atoms with van der Waals surface area (Å²) in [5.74, 6) is -2.19. The van der Waals surface area contributed by atoms with Crippen LogP contribution in [-0.2, 0) is 27.3 Å². The van der Waals surface area contributed by atoms with Crippen LogP contribution in [0.1, 0.15) is 45.2 Å². The second kappa shape index (κ2) is 12.7. The summed E-state index contributed by atoms with van der Waals surface area (Å²) < 4.78 is 0. The van der Waals surface area contributed by atoms with Gasteiger partial charge in [0, 0.05) is 56.1 Å². The van der Waals surface area contributed by atoms with E-state index in [2.05, 4.69) is 25.8 Å². The molecule has 4 rings (SSSR count). The minimum atomic E-state index is -0.782. The largest absolute Gasteiger partial charge is 0.349 e. The first kappa shape index (κ1) is 29.5. The highest BCUT2D eigenvalue weighted by Crippen LogP contribution is 2.28. The number of halogens is 1. The quantitative estimate of drug-likeness (QED) is 0.479. The molecule has 0 spiro atoms. The normalized spacial score (nSPS) is 20.9. The zero-order valence-electron chi connectivity index (χ0n) is 22.1. The summed E-state index contributed by atoms with van der Waals surface area (Å²) in [7, 11) is 5.45. The molecular formula is C26H35ClN6O4S. The van der Waals surface area contributed by atoms with Gasteiger partial charge >= 0.3 is 11.8 Å². The van der Waals surface area contributed by atoms with E-state index < -0.39 is 23.9 Å². The van der Waals surface area contributed by atoms with Crippen molar-refractivity contribution in [1.29, 1.82) is 0 Å². The van der Waals surface area contributed by atoms with E-state index in [0.29, 0.717) is 30.0 Å². The number of carbonyl (C=O) groups is 4. The monoisotopic (exact) mass is 562 g/mol. The molecule has 1 fully saturated rings. The number of hydrogen-bond acceptors (Lipinski definition) is 7. The van der Waals surface area contributed by atoms with E-state index in [1.54, 1.807) is 31.1 Å². The van der Waals surface area contributed by atoms with E-state index in [0.717, 1.165) is 35.6 Å². The molecule has 0 saturated heterocycles. The van der Waals surface area contributed by atoms with Crippen LogP contribution in [0.25, 0.3) is 0 Å². The van der Waals surface area contributed by atoms with E-state index in [1.807, 2.05) is 26.1 Å². The number of likely N-dealkylation sites (N-methyl/N-ethyl adjacent to an activating group) is 1. The molecule has 206 valence electrons. The van der Waals surface area contributed by atoms with E-state index in [9.17, 15) is 19.2 Å². The van der Waals surface area contributed by atoms with E-state index in [4.69, 9.17) is 0 Å². The Balaban J connectivity index is 0.00000400. The molecule has 3 N–H and O–H groups in total. The van der Waals surface area contributed by atoms with Crippen LogP contribution in [0, 0.1) is 12.8 Å². The molecule has 1 aliphatic carbocycles. The fraction of sp³-hybridized carbons (Fsp3) is 0.500. The maximum absolute atomic E-state index is 13.2. The molecule has 4 amide bonds. The summed E-state index contributed by atoms with van der Waals surface area (Å²) in [6.45, 7) is 3.59. The van der Waals surface area contributed by atoms with Crippen molar-refractivity contribution in [1.82, 2.24) is 25.4 Å². The summed E-state index contributed by atoms with van der Waals surface area (Å²) in [5.41, 5.74) is 2.52. The lowest BCUT2D eigenvalue weighted by atomic mass is 9.81. The van der Waals surface area contributed by atoms with Crippen LogP contribution in [0.15, 0.2) is 24.3 Å². The van der Waals surface area contributed by atoms with E-state index in [-0.39, 0.29) is 30.1 Å². The van der Waals surface area contributed by atoms with Crippen LogP contribution in [0.4, 0.5) is 5.69 Å². The predicted octanol–water partition coefficient (Wildman–Crippen LogP) is 1.97. The van der Waals surface area contributed by atoms with Crippen LogP contribution in [0.2, 0.25) is 0 Å². The van der Waals surface area contributed by atoms with E-state index >= 15 is 0 Å². The van der Waals surface area contributed by atoms with Crippen molar-refractivity contribution in [3.8, 4) is 0 Å². The Morgan fingerprint density at radius 3 is 2.42 bits per heavy atom. The van der Waals surface area contributed by atoms with Crippen molar-refractivity contribution in [2.24, 2.45) is 5.92 Å². The molecule has 10 nitrogen and oxygen atoms in total. The number of aromatic nitrogens is 1. The maximum Gasteiger partial charge on any atom is 0.313 e. The molecule has 3 atom stereocenters. The first-order valence-corrected chi connectivity index (χ1v) is 13.3. The van der Waals surface area contributed by atoms with Crippen LogP contribution in [0.3, 0.4) is 0 Å². The van der Waals surface area contributed by atoms with Gasteiger partial charge < -0.3 is 25.8 Å². The highest BCUT2D eigenvalue weighted by molar-refractivity contribution is 7.13. The molecule has 12 heteroatoms. The smallest absolute Gasteiger partial charge is 0.313 e. The molecule has 2 aromatic rings. The molecule has 38 heavy (non-hydrogen) atoms. The SMILES string of the molecule is Cc1ccc(NC(=O)C(=O)N[C@H]2CC[C@H](C(=O)N(C)C)C[C@H]2NC(=O)c2nc3c(s2)CN(C)CC3)cc1.Cl. The first-order valence-electron chi connectivity index (χ1n) is 12.5. The van der Waals surface area contributed by atoms with Crippen molar-refractivity contribution in [2.45, 2.75) is 51.2 Å². The zero-order chi connectivity index (χ0) is 26.7. The third-order valence-electron chi connectivity index (χ3n) is 6.91. The summed E-state index contributed by atoms with van der Waals surface area (Å²) in [4.78, 5) is 60.5. The predicted molar refractivity (Wildman–Crippen MR) is 148 cm³/mol. The Morgan fingerprint density at radius 2 is 1.74 bits per heavy atom. The molecule has 1 aromatic heterocycles. The minimum Gasteiger partial charge on any atom is -0.349 e. The molecule has 0 bridgehead atoms. The van der Waals surface area contributed by atoms with Gasteiger partial charge in [-0.2, -0.15) is 0 Å². The third-order valence-corrected chi connectivity index (χ3v) is 7.99. The average molecular weight is 563 g/mol. The van der Waals surface area contributed by atoms with Crippen molar-refractivity contribution < 1.29 is 19.2 Å². The third kappa shape index (κ3) is 7.09. The molecule has 1 aromatic carbocycles. The van der Waals surface area contributed by atoms with Gasteiger partial charge in [0.15, 0.2) is 5.01 Å². The molecule has 2 heterocycles. The number of fused-ring (bicyclic) bond motifs is 1. The van der Waals surface area contributed by atoms with Crippen LogP contribution < -0.4 is 16.0 Å². The number of rotatable bonds is 5. The second-order valence-electron chi connectivity index (χ2n) is 10.1. The summed E-state index contributed by atoms with van der Waals surface area (Å²) in [6.07, 6.45) is 2.16. The first-order chi connectivity index (χ1) is 17.6. The van der Waals surface area contributed by atoms with Crippen molar-refractivity contribution in [3.05, 3.63) is 45.4 Å². The Bertz CT molecular complexity index is 1180. The van der Waals surface area contributed by atoms with Gasteiger partial charge in [0.1, 0.15) is 0 Å². The number of nitrogens with zero attached hydrogens (tertiary/aromatic N) is 3. The topological polar surface area (TPSA) is 124 Å². The fourth-order valence-corrected chi connectivity index (χ4v) is 5.89. The number of carbonyl (C=O) groups excluding carboxylic acids is 4. The molecule has 2 aliphatic rings. The number of benzene rings is 1. The molecule has 1 aliphatic heterocycles. The maximum atomic E-state index is 13.2. The standard InChI is InChI=1S/C26H34N6O4S.ClH/c1-15-5-8-17(9-6-15)27-22(33)23(34)28-18-10-7-16(26(36)31(2)3)13-20(18)29-24(35)25-30-19-11-12-32(4)14-21(19)37-25;/h5-6,8-9,16,18,20H,7,10-14H2,1-4H3,(H,27,33)(H,28,34)(H,29,35);1H/t16-,18-,20+;/m0./s1. The van der Waals surface area contributed by atoms with Crippen molar-refractivity contribution in [3.63, 3.8) is 0 Å². The van der Waals surface area contributed by atoms with Crippen LogP contribution >= 0.6 is 23.7 Å². The number of amides is 4. The van der Waals surface area contributed by atoms with Gasteiger partial charge in [-0.3, -0.25) is 19.2 Å². The average Bonchev–Trinajstić information content (AvgIpc) is 3.29. The fourth-order valence-electron chi connectivity index (χ4n) is 4.80. The molecule has 0 unspecified atom stereocenters. The Morgan fingerprint density at radius 1 is 1.03 bits per heavy atom. The Kier molecular flexibility index (Phi) is 9.86. The number of hydrogen-bond donors (Lipinski definition) is 3. The summed E-state index contributed by atoms with van der Waals surface area (Å²) in [5, 5.41) is 8.77. The number of aryl methyl sites for hydroxylation is 1. The number of thiazole rings is 1. The van der Waals surface area contributed by atoms with Crippen LogP contribution in [0.5, 0.6) is 0 Å². The van der Waals surface area contributed by atoms with Gasteiger partial charge in [-0.15, -0.1) is 23.7 Å². The van der Waals surface area contributed by atoms with Gasteiger partial charge in [-0.1, -0.05) is 17.7 Å². The minimum absolute atomic E-state index is 0. The van der Waals surface area contributed by atoms with Crippen molar-refractivity contribution in [2.75, 3.05) is 33.0 Å². The molecular weight excluding hydrogens is 528 g/mol. The van der Waals surface area contributed by atoms with Gasteiger partial charge in [-0.05, 0) is 45.4 Å². The lowest BCUT2D eigenvalue weighted by Crippen LogP contribution is -2.57.